The summed E-state index contributed by atoms with van der Waals surface area (Å²) in [5.41, 5.74) is 6.47. The molecule has 3 nitrogen and oxygen atoms in total. The number of hydrogen-bond acceptors (Lipinski definition) is 2. The highest BCUT2D eigenvalue weighted by molar-refractivity contribution is 6.03. The lowest BCUT2D eigenvalue weighted by Gasteiger charge is -1.97. The number of hydrogen-bond donors (Lipinski definition) is 1. The minimum absolute atomic E-state index is 0.0307. The number of carbonyl (C=O) groups is 1. The fraction of sp³-hybridized carbons (Fsp3) is 0.100. The van der Waals surface area contributed by atoms with Crippen molar-refractivity contribution < 1.29 is 9.18 Å². The zero-order valence-electron chi connectivity index (χ0n) is 7.40. The van der Waals surface area contributed by atoms with Gasteiger partial charge in [-0.25, -0.2) is 4.39 Å². The lowest BCUT2D eigenvalue weighted by Crippen LogP contribution is -2.13. The SMILES string of the molecule is NCC(=O)c1ccn2cc(F)ccc12. The first-order chi connectivity index (χ1) is 6.72. The van der Waals surface area contributed by atoms with E-state index >= 15 is 0 Å². The third-order valence-electron chi connectivity index (χ3n) is 2.10. The van der Waals surface area contributed by atoms with Crippen molar-refractivity contribution in [2.24, 2.45) is 5.73 Å². The van der Waals surface area contributed by atoms with Gasteiger partial charge in [0, 0.05) is 18.0 Å². The first-order valence-corrected chi connectivity index (χ1v) is 4.22. The number of ketones is 1. The van der Waals surface area contributed by atoms with Gasteiger partial charge < -0.3 is 10.1 Å². The van der Waals surface area contributed by atoms with Gasteiger partial charge in [-0.05, 0) is 18.2 Å². The number of halogens is 1. The molecule has 0 aliphatic carbocycles. The summed E-state index contributed by atoms with van der Waals surface area (Å²) in [5.74, 6) is -0.473. The van der Waals surface area contributed by atoms with E-state index in [4.69, 9.17) is 5.73 Å². The van der Waals surface area contributed by atoms with Crippen LogP contribution in [0.1, 0.15) is 10.4 Å². The van der Waals surface area contributed by atoms with Crippen LogP contribution in [-0.4, -0.2) is 16.7 Å². The second-order valence-corrected chi connectivity index (χ2v) is 3.00. The Hall–Kier alpha value is -1.68. The fourth-order valence-corrected chi connectivity index (χ4v) is 1.43. The second-order valence-electron chi connectivity index (χ2n) is 3.00. The Kier molecular flexibility index (Phi) is 2.05. The zero-order valence-corrected chi connectivity index (χ0v) is 7.40. The van der Waals surface area contributed by atoms with Crippen LogP contribution in [-0.2, 0) is 0 Å². The van der Waals surface area contributed by atoms with Gasteiger partial charge in [0.25, 0.3) is 0 Å². The van der Waals surface area contributed by atoms with Crippen LogP contribution < -0.4 is 5.73 Å². The van der Waals surface area contributed by atoms with Crippen molar-refractivity contribution >= 4 is 11.3 Å². The third-order valence-corrected chi connectivity index (χ3v) is 2.10. The predicted molar refractivity (Wildman–Crippen MR) is 50.7 cm³/mol. The van der Waals surface area contributed by atoms with Crippen molar-refractivity contribution in [3.05, 3.63) is 42.0 Å². The van der Waals surface area contributed by atoms with Crippen LogP contribution in [0, 0.1) is 5.82 Å². The highest BCUT2D eigenvalue weighted by atomic mass is 19.1. The summed E-state index contributed by atoms with van der Waals surface area (Å²) < 4.78 is 14.4. The highest BCUT2D eigenvalue weighted by Crippen LogP contribution is 2.13. The maximum absolute atomic E-state index is 12.8. The highest BCUT2D eigenvalue weighted by Gasteiger charge is 2.09. The molecule has 72 valence electrons. The minimum atomic E-state index is -0.333. The Bertz CT molecular complexity index is 490. The van der Waals surface area contributed by atoms with Gasteiger partial charge >= 0.3 is 0 Å². The van der Waals surface area contributed by atoms with Gasteiger partial charge in [-0.3, -0.25) is 4.79 Å². The molecule has 2 aromatic rings. The first-order valence-electron chi connectivity index (χ1n) is 4.22. The Morgan fingerprint density at radius 1 is 1.43 bits per heavy atom. The van der Waals surface area contributed by atoms with Crippen LogP contribution in [0.2, 0.25) is 0 Å². The maximum Gasteiger partial charge on any atom is 0.178 e. The van der Waals surface area contributed by atoms with Crippen molar-refractivity contribution in [2.45, 2.75) is 0 Å². The summed E-state index contributed by atoms with van der Waals surface area (Å²) >= 11 is 0. The molecule has 2 heterocycles. The molecule has 0 aliphatic rings. The molecule has 0 spiro atoms. The summed E-state index contributed by atoms with van der Waals surface area (Å²) in [4.78, 5) is 11.3. The zero-order chi connectivity index (χ0) is 10.1. The maximum atomic E-state index is 12.8. The molecule has 0 amide bonds. The first kappa shape index (κ1) is 8.90. The minimum Gasteiger partial charge on any atom is -0.324 e. The van der Waals surface area contributed by atoms with Crippen LogP contribution in [0.3, 0.4) is 0 Å². The molecule has 0 atom stereocenters. The molecule has 0 saturated carbocycles. The standard InChI is InChI=1S/C10H9FN2O/c11-7-1-2-9-8(10(14)5-12)3-4-13(9)6-7/h1-4,6H,5,12H2. The van der Waals surface area contributed by atoms with Crippen molar-refractivity contribution in [2.75, 3.05) is 6.54 Å². The molecule has 14 heavy (non-hydrogen) atoms. The van der Waals surface area contributed by atoms with Gasteiger partial charge in [-0.15, -0.1) is 0 Å². The Morgan fingerprint density at radius 3 is 2.93 bits per heavy atom. The number of aromatic nitrogens is 1. The number of rotatable bonds is 2. The van der Waals surface area contributed by atoms with Crippen LogP contribution in [0.5, 0.6) is 0 Å². The van der Waals surface area contributed by atoms with E-state index in [1.807, 2.05) is 0 Å². The van der Waals surface area contributed by atoms with E-state index in [2.05, 4.69) is 0 Å². The molecule has 0 radical (unpaired) electrons. The van der Waals surface area contributed by atoms with Crippen molar-refractivity contribution in [1.82, 2.24) is 4.40 Å². The average Bonchev–Trinajstić information content (AvgIpc) is 2.59. The van der Waals surface area contributed by atoms with Gasteiger partial charge in [-0.1, -0.05) is 0 Å². The van der Waals surface area contributed by atoms with E-state index < -0.39 is 0 Å². The van der Waals surface area contributed by atoms with E-state index in [0.717, 1.165) is 0 Å². The molecule has 2 rings (SSSR count). The number of nitrogens with zero attached hydrogens (tertiary/aromatic N) is 1. The summed E-state index contributed by atoms with van der Waals surface area (Å²) in [7, 11) is 0. The Morgan fingerprint density at radius 2 is 2.21 bits per heavy atom. The molecule has 0 unspecified atom stereocenters. The van der Waals surface area contributed by atoms with E-state index in [-0.39, 0.29) is 18.1 Å². The number of nitrogens with two attached hydrogens (primary N) is 1. The second kappa shape index (κ2) is 3.23. The molecule has 0 saturated heterocycles. The largest absolute Gasteiger partial charge is 0.324 e. The molecule has 2 N–H and O–H groups in total. The lowest BCUT2D eigenvalue weighted by molar-refractivity contribution is 0.100. The Balaban J connectivity index is 2.64. The molecule has 0 fully saturated rings. The topological polar surface area (TPSA) is 47.5 Å². The van der Waals surface area contributed by atoms with Gasteiger partial charge in [0.05, 0.1) is 12.1 Å². The summed E-state index contributed by atoms with van der Waals surface area (Å²) in [6, 6.07) is 4.53. The summed E-state index contributed by atoms with van der Waals surface area (Å²) in [6.07, 6.45) is 2.96. The van der Waals surface area contributed by atoms with Crippen LogP contribution in [0.15, 0.2) is 30.6 Å². The number of carbonyl (C=O) groups excluding carboxylic acids is 1. The van der Waals surface area contributed by atoms with Gasteiger partial charge in [0.2, 0.25) is 0 Å². The van der Waals surface area contributed by atoms with E-state index in [1.54, 1.807) is 22.7 Å². The van der Waals surface area contributed by atoms with Gasteiger partial charge in [0.1, 0.15) is 5.82 Å². The third kappa shape index (κ3) is 1.29. The number of fused-ring (bicyclic) bond motifs is 1. The number of pyridine rings is 1. The van der Waals surface area contributed by atoms with E-state index in [0.29, 0.717) is 11.1 Å². The molecular weight excluding hydrogens is 183 g/mol. The average molecular weight is 192 g/mol. The fourth-order valence-electron chi connectivity index (χ4n) is 1.43. The van der Waals surface area contributed by atoms with Crippen molar-refractivity contribution in [3.63, 3.8) is 0 Å². The molecule has 0 aliphatic heterocycles. The lowest BCUT2D eigenvalue weighted by atomic mass is 10.2. The Labute approximate surface area is 79.9 Å². The molecule has 2 aromatic heterocycles. The molecule has 0 aromatic carbocycles. The van der Waals surface area contributed by atoms with Crippen molar-refractivity contribution in [1.29, 1.82) is 0 Å². The summed E-state index contributed by atoms with van der Waals surface area (Å²) in [5, 5.41) is 0. The van der Waals surface area contributed by atoms with Crippen LogP contribution >= 0.6 is 0 Å². The quantitative estimate of drug-likeness (QED) is 0.727. The van der Waals surface area contributed by atoms with E-state index in [1.165, 1.54) is 12.3 Å². The smallest absolute Gasteiger partial charge is 0.178 e. The molecule has 4 heteroatoms. The van der Waals surface area contributed by atoms with Crippen LogP contribution in [0.4, 0.5) is 4.39 Å². The molecule has 0 bridgehead atoms. The van der Waals surface area contributed by atoms with E-state index in [9.17, 15) is 9.18 Å². The number of Topliss-reactive ketones (excluding diaryl/α,β-unsaturated/α-hetero) is 1. The summed E-state index contributed by atoms with van der Waals surface area (Å²) in [6.45, 7) is -0.0307. The van der Waals surface area contributed by atoms with Crippen molar-refractivity contribution in [3.8, 4) is 0 Å². The normalized spacial score (nSPS) is 10.7. The van der Waals surface area contributed by atoms with Gasteiger partial charge in [0.15, 0.2) is 5.78 Å². The molecular formula is C10H9FN2O. The monoisotopic (exact) mass is 192 g/mol. The van der Waals surface area contributed by atoms with Gasteiger partial charge in [-0.2, -0.15) is 0 Å². The van der Waals surface area contributed by atoms with Crippen LogP contribution in [0.25, 0.3) is 5.52 Å². The predicted octanol–water partition coefficient (Wildman–Crippen LogP) is 1.22.